The fourth-order valence-electron chi connectivity index (χ4n) is 3.97. The summed E-state index contributed by atoms with van der Waals surface area (Å²) in [6.07, 6.45) is 6.29. The van der Waals surface area contributed by atoms with Gasteiger partial charge in [-0.1, -0.05) is 12.8 Å². The summed E-state index contributed by atoms with van der Waals surface area (Å²) in [6.45, 7) is 0.608. The van der Waals surface area contributed by atoms with Crippen molar-refractivity contribution in [2.75, 3.05) is 6.54 Å². The van der Waals surface area contributed by atoms with E-state index < -0.39 is 21.2 Å². The van der Waals surface area contributed by atoms with Gasteiger partial charge in [0.15, 0.2) is 0 Å². The Morgan fingerprint density at radius 3 is 2.17 bits per heavy atom. The van der Waals surface area contributed by atoms with Crippen LogP contribution in [0.1, 0.15) is 48.9 Å². The molecule has 1 aromatic carbocycles. The van der Waals surface area contributed by atoms with Crippen molar-refractivity contribution in [3.63, 3.8) is 0 Å². The van der Waals surface area contributed by atoms with Gasteiger partial charge in [0.2, 0.25) is 0 Å². The molecule has 0 unspecified atom stereocenters. The van der Waals surface area contributed by atoms with Gasteiger partial charge < -0.3 is 4.90 Å². The summed E-state index contributed by atoms with van der Waals surface area (Å²) in [6, 6.07) is 3.32. The van der Waals surface area contributed by atoms with Crippen molar-refractivity contribution in [3.05, 3.63) is 44.0 Å². The first-order valence-electron chi connectivity index (χ1n) is 8.22. The predicted octanol–water partition coefficient (Wildman–Crippen LogP) is 3.30. The van der Waals surface area contributed by atoms with Crippen molar-refractivity contribution in [2.24, 2.45) is 5.92 Å². The molecule has 0 spiro atoms. The number of carbonyl (C=O) groups excluding carboxylic acids is 1. The number of fused-ring (bicyclic) bond motifs is 1. The molecule has 1 aromatic rings. The number of carbonyl (C=O) groups is 1. The molecule has 3 rings (SSSR count). The molecule has 2 aliphatic rings. The van der Waals surface area contributed by atoms with E-state index in [1.54, 1.807) is 4.90 Å². The van der Waals surface area contributed by atoms with E-state index in [9.17, 15) is 25.0 Å². The number of piperidine rings is 1. The second-order valence-electron chi connectivity index (χ2n) is 6.50. The van der Waals surface area contributed by atoms with E-state index in [1.807, 2.05) is 0 Å². The number of likely N-dealkylation sites (tertiary alicyclic amines) is 1. The first-order valence-corrected chi connectivity index (χ1v) is 8.22. The lowest BCUT2D eigenvalue weighted by molar-refractivity contribution is -0.394. The van der Waals surface area contributed by atoms with Crippen molar-refractivity contribution in [1.82, 2.24) is 4.90 Å². The molecule has 0 bridgehead atoms. The number of benzene rings is 1. The van der Waals surface area contributed by atoms with Crippen molar-refractivity contribution >= 4 is 17.3 Å². The molecule has 1 aliphatic carbocycles. The third kappa shape index (κ3) is 3.08. The van der Waals surface area contributed by atoms with E-state index in [4.69, 9.17) is 0 Å². The number of nitro groups is 2. The molecule has 8 heteroatoms. The molecule has 2 fully saturated rings. The lowest BCUT2D eigenvalue weighted by Gasteiger charge is -2.44. The Labute approximate surface area is 138 Å². The van der Waals surface area contributed by atoms with Gasteiger partial charge in [-0.2, -0.15) is 0 Å². The van der Waals surface area contributed by atoms with Crippen LogP contribution in [0.3, 0.4) is 0 Å². The standard InChI is InChI=1S/C16H19N3O5/c20-16(17-7-3-5-11-4-1-2-6-15(11)17)12-8-13(18(21)22)10-14(9-12)19(23)24/h8-11,15H,1-7H2/t11-,15+/m1/s1. The van der Waals surface area contributed by atoms with Gasteiger partial charge in [0.1, 0.15) is 0 Å². The number of rotatable bonds is 3. The minimum absolute atomic E-state index is 0.0297. The Bertz CT molecular complexity index is 656. The Hall–Kier alpha value is -2.51. The van der Waals surface area contributed by atoms with Gasteiger partial charge in [-0.05, 0) is 31.6 Å². The van der Waals surface area contributed by atoms with Crippen LogP contribution in [0.2, 0.25) is 0 Å². The summed E-state index contributed by atoms with van der Waals surface area (Å²) >= 11 is 0. The van der Waals surface area contributed by atoms with E-state index >= 15 is 0 Å². The number of nitro benzene ring substituents is 2. The lowest BCUT2D eigenvalue weighted by atomic mass is 9.78. The fraction of sp³-hybridized carbons (Fsp3) is 0.562. The van der Waals surface area contributed by atoms with Crippen molar-refractivity contribution < 1.29 is 14.6 Å². The van der Waals surface area contributed by atoms with E-state index in [1.165, 1.54) is 6.42 Å². The molecule has 24 heavy (non-hydrogen) atoms. The monoisotopic (exact) mass is 333 g/mol. The second-order valence-corrected chi connectivity index (χ2v) is 6.50. The summed E-state index contributed by atoms with van der Waals surface area (Å²) in [5, 5.41) is 22.0. The van der Waals surface area contributed by atoms with E-state index in [0.717, 1.165) is 50.3 Å². The summed E-state index contributed by atoms with van der Waals surface area (Å²) in [4.78, 5) is 35.3. The zero-order valence-electron chi connectivity index (χ0n) is 13.2. The topological polar surface area (TPSA) is 107 Å². The molecule has 1 saturated carbocycles. The van der Waals surface area contributed by atoms with E-state index in [-0.39, 0.29) is 17.5 Å². The fourth-order valence-corrected chi connectivity index (χ4v) is 3.97. The third-order valence-electron chi connectivity index (χ3n) is 5.08. The van der Waals surface area contributed by atoms with Crippen molar-refractivity contribution in [3.8, 4) is 0 Å². The van der Waals surface area contributed by atoms with Crippen LogP contribution in [-0.4, -0.2) is 33.2 Å². The lowest BCUT2D eigenvalue weighted by Crippen LogP contribution is -2.49. The van der Waals surface area contributed by atoms with Crippen LogP contribution in [0.25, 0.3) is 0 Å². The van der Waals surface area contributed by atoms with Gasteiger partial charge in [-0.25, -0.2) is 0 Å². The largest absolute Gasteiger partial charge is 0.335 e. The zero-order chi connectivity index (χ0) is 17.3. The summed E-state index contributed by atoms with van der Waals surface area (Å²) in [5.74, 6) is 0.142. The summed E-state index contributed by atoms with van der Waals surface area (Å²) < 4.78 is 0. The Morgan fingerprint density at radius 1 is 0.958 bits per heavy atom. The van der Waals surface area contributed by atoms with Crippen LogP contribution in [0.5, 0.6) is 0 Å². The molecule has 1 amide bonds. The maximum absolute atomic E-state index is 12.9. The highest BCUT2D eigenvalue weighted by Crippen LogP contribution is 2.36. The van der Waals surface area contributed by atoms with Crippen molar-refractivity contribution in [1.29, 1.82) is 0 Å². The molecule has 0 N–H and O–H groups in total. The second kappa shape index (κ2) is 6.54. The highest BCUT2D eigenvalue weighted by molar-refractivity contribution is 5.96. The molecule has 1 aliphatic heterocycles. The Kier molecular flexibility index (Phi) is 4.46. The molecule has 8 nitrogen and oxygen atoms in total. The normalized spacial score (nSPS) is 23.4. The summed E-state index contributed by atoms with van der Waals surface area (Å²) in [5.41, 5.74) is -0.823. The predicted molar refractivity (Wildman–Crippen MR) is 85.8 cm³/mol. The van der Waals surface area contributed by atoms with Crippen LogP contribution < -0.4 is 0 Å². The van der Waals surface area contributed by atoms with E-state index in [2.05, 4.69) is 0 Å². The highest BCUT2D eigenvalue weighted by Gasteiger charge is 2.36. The maximum Gasteiger partial charge on any atom is 0.277 e. The number of non-ortho nitro benzene ring substituents is 2. The average Bonchev–Trinajstić information content (AvgIpc) is 2.60. The van der Waals surface area contributed by atoms with Gasteiger partial charge in [0.05, 0.1) is 21.5 Å². The maximum atomic E-state index is 12.9. The smallest absolute Gasteiger partial charge is 0.277 e. The molecule has 0 radical (unpaired) electrons. The van der Waals surface area contributed by atoms with Crippen molar-refractivity contribution in [2.45, 2.75) is 44.6 Å². The number of nitrogens with zero attached hydrogens (tertiary/aromatic N) is 3. The molecular formula is C16H19N3O5. The van der Waals surface area contributed by atoms with Gasteiger partial charge in [-0.15, -0.1) is 0 Å². The zero-order valence-corrected chi connectivity index (χ0v) is 13.2. The Morgan fingerprint density at radius 2 is 1.54 bits per heavy atom. The van der Waals surface area contributed by atoms with E-state index in [0.29, 0.717) is 12.5 Å². The van der Waals surface area contributed by atoms with Crippen LogP contribution in [-0.2, 0) is 0 Å². The third-order valence-corrected chi connectivity index (χ3v) is 5.08. The Balaban J connectivity index is 1.93. The minimum Gasteiger partial charge on any atom is -0.335 e. The van der Waals surface area contributed by atoms with Gasteiger partial charge in [0.25, 0.3) is 17.3 Å². The number of hydrogen-bond acceptors (Lipinski definition) is 5. The quantitative estimate of drug-likeness (QED) is 0.623. The number of amides is 1. The van der Waals surface area contributed by atoms with Crippen LogP contribution in [0, 0.1) is 26.1 Å². The summed E-state index contributed by atoms with van der Waals surface area (Å²) in [7, 11) is 0. The molecule has 1 saturated heterocycles. The first kappa shape index (κ1) is 16.4. The number of hydrogen-bond donors (Lipinski definition) is 0. The molecule has 2 atom stereocenters. The van der Waals surface area contributed by atoms with Crippen LogP contribution in [0.15, 0.2) is 18.2 Å². The van der Waals surface area contributed by atoms with Gasteiger partial charge in [-0.3, -0.25) is 25.0 Å². The van der Waals surface area contributed by atoms with Gasteiger partial charge >= 0.3 is 0 Å². The molecule has 1 heterocycles. The average molecular weight is 333 g/mol. The van der Waals surface area contributed by atoms with Crippen LogP contribution in [0.4, 0.5) is 11.4 Å². The first-order chi connectivity index (χ1) is 11.5. The van der Waals surface area contributed by atoms with Gasteiger partial charge in [0, 0.05) is 24.7 Å². The van der Waals surface area contributed by atoms with Crippen LogP contribution >= 0.6 is 0 Å². The minimum atomic E-state index is -0.705. The molecule has 128 valence electrons. The SMILES string of the molecule is O=C(c1cc([N+](=O)[O-])cc([N+](=O)[O-])c1)N1CCC[C@H]2CCCC[C@@H]21. The molecule has 0 aromatic heterocycles. The highest BCUT2D eigenvalue weighted by atomic mass is 16.6. The molecular weight excluding hydrogens is 314 g/mol.